The van der Waals surface area contributed by atoms with E-state index in [2.05, 4.69) is 36.1 Å². The monoisotopic (exact) mass is 218 g/mol. The van der Waals surface area contributed by atoms with E-state index in [1.807, 2.05) is 0 Å². The summed E-state index contributed by atoms with van der Waals surface area (Å²) in [5, 5.41) is 0. The molecule has 0 spiro atoms. The number of hydrogen-bond donors (Lipinski definition) is 1. The second-order valence-electron chi connectivity index (χ2n) is 4.69. The zero-order valence-electron chi connectivity index (χ0n) is 10.2. The van der Waals surface area contributed by atoms with E-state index in [1.54, 1.807) is 5.56 Å². The Hall–Kier alpha value is -0.860. The van der Waals surface area contributed by atoms with E-state index in [-0.39, 0.29) is 0 Å². The van der Waals surface area contributed by atoms with Gasteiger partial charge in [-0.25, -0.2) is 0 Å². The van der Waals surface area contributed by atoms with Crippen molar-refractivity contribution >= 4 is 0 Å². The predicted octanol–water partition coefficient (Wildman–Crippen LogP) is 2.00. The first kappa shape index (κ1) is 11.6. The lowest BCUT2D eigenvalue weighted by molar-refractivity contribution is 0.254. The average molecular weight is 218 g/mol. The Balaban J connectivity index is 1.91. The SMILES string of the molecule is CCCN(CCN)CC1Cc2ccccc21. The minimum atomic E-state index is 0.745. The van der Waals surface area contributed by atoms with Crippen LogP contribution in [-0.2, 0) is 6.42 Å². The molecule has 1 aromatic carbocycles. The van der Waals surface area contributed by atoms with Crippen LogP contribution >= 0.6 is 0 Å². The Morgan fingerprint density at radius 1 is 1.31 bits per heavy atom. The van der Waals surface area contributed by atoms with Gasteiger partial charge in [-0.05, 0) is 30.5 Å². The Morgan fingerprint density at radius 2 is 2.12 bits per heavy atom. The van der Waals surface area contributed by atoms with Crippen molar-refractivity contribution in [2.45, 2.75) is 25.7 Å². The number of nitrogens with zero attached hydrogens (tertiary/aromatic N) is 1. The van der Waals surface area contributed by atoms with Gasteiger partial charge in [0.25, 0.3) is 0 Å². The van der Waals surface area contributed by atoms with Gasteiger partial charge in [0.1, 0.15) is 0 Å². The van der Waals surface area contributed by atoms with Crippen molar-refractivity contribution in [3.05, 3.63) is 35.4 Å². The van der Waals surface area contributed by atoms with Crippen molar-refractivity contribution in [1.29, 1.82) is 0 Å². The molecule has 2 nitrogen and oxygen atoms in total. The van der Waals surface area contributed by atoms with Gasteiger partial charge in [0.2, 0.25) is 0 Å². The zero-order chi connectivity index (χ0) is 11.4. The second kappa shape index (κ2) is 5.46. The summed E-state index contributed by atoms with van der Waals surface area (Å²) in [6, 6.07) is 8.81. The van der Waals surface area contributed by atoms with Gasteiger partial charge in [0.15, 0.2) is 0 Å². The van der Waals surface area contributed by atoms with E-state index in [0.29, 0.717) is 0 Å². The average Bonchev–Trinajstić information content (AvgIpc) is 2.26. The van der Waals surface area contributed by atoms with Crippen LogP contribution in [-0.4, -0.2) is 31.1 Å². The molecule has 0 fully saturated rings. The summed E-state index contributed by atoms with van der Waals surface area (Å²) in [5.41, 5.74) is 8.74. The van der Waals surface area contributed by atoms with E-state index >= 15 is 0 Å². The highest BCUT2D eigenvalue weighted by molar-refractivity contribution is 5.40. The molecular formula is C14H22N2. The summed E-state index contributed by atoms with van der Waals surface area (Å²) < 4.78 is 0. The molecule has 16 heavy (non-hydrogen) atoms. The number of hydrogen-bond acceptors (Lipinski definition) is 2. The summed E-state index contributed by atoms with van der Waals surface area (Å²) in [6.07, 6.45) is 2.47. The molecule has 2 heteroatoms. The number of benzene rings is 1. The van der Waals surface area contributed by atoms with E-state index in [9.17, 15) is 0 Å². The van der Waals surface area contributed by atoms with Gasteiger partial charge in [-0.15, -0.1) is 0 Å². The maximum Gasteiger partial charge on any atom is 0.0105 e. The molecule has 0 heterocycles. The molecule has 0 aromatic heterocycles. The fourth-order valence-electron chi connectivity index (χ4n) is 2.63. The Bertz CT molecular complexity index is 329. The number of fused-ring (bicyclic) bond motifs is 1. The standard InChI is InChI=1S/C14H22N2/c1-2-8-16(9-7-15)11-13-10-12-5-3-4-6-14(12)13/h3-6,13H,2,7-11,15H2,1H3. The van der Waals surface area contributed by atoms with Gasteiger partial charge in [0, 0.05) is 25.6 Å². The topological polar surface area (TPSA) is 29.3 Å². The molecule has 88 valence electrons. The summed E-state index contributed by atoms with van der Waals surface area (Å²) >= 11 is 0. The van der Waals surface area contributed by atoms with Crippen LogP contribution in [0, 0.1) is 0 Å². The number of rotatable bonds is 6. The first-order valence-corrected chi connectivity index (χ1v) is 6.35. The van der Waals surface area contributed by atoms with Gasteiger partial charge < -0.3 is 10.6 Å². The predicted molar refractivity (Wildman–Crippen MR) is 68.7 cm³/mol. The van der Waals surface area contributed by atoms with Gasteiger partial charge in [0.05, 0.1) is 0 Å². The third-order valence-corrected chi connectivity index (χ3v) is 3.42. The van der Waals surface area contributed by atoms with E-state index in [0.717, 1.165) is 19.0 Å². The number of nitrogens with two attached hydrogens (primary N) is 1. The van der Waals surface area contributed by atoms with Crippen molar-refractivity contribution in [1.82, 2.24) is 4.90 Å². The largest absolute Gasteiger partial charge is 0.329 e. The maximum atomic E-state index is 5.65. The lowest BCUT2D eigenvalue weighted by Gasteiger charge is -2.34. The highest BCUT2D eigenvalue weighted by Gasteiger charge is 2.26. The molecule has 1 aromatic rings. The lowest BCUT2D eigenvalue weighted by atomic mass is 9.77. The Morgan fingerprint density at radius 3 is 2.81 bits per heavy atom. The van der Waals surface area contributed by atoms with Crippen LogP contribution in [0.5, 0.6) is 0 Å². The van der Waals surface area contributed by atoms with Gasteiger partial charge in [-0.1, -0.05) is 31.2 Å². The van der Waals surface area contributed by atoms with Crippen LogP contribution in [0.1, 0.15) is 30.4 Å². The van der Waals surface area contributed by atoms with Crippen molar-refractivity contribution in [3.8, 4) is 0 Å². The van der Waals surface area contributed by atoms with Crippen LogP contribution < -0.4 is 5.73 Å². The Kier molecular flexibility index (Phi) is 3.97. The normalized spacial score (nSPS) is 18.3. The third kappa shape index (κ3) is 2.45. The molecule has 0 saturated heterocycles. The van der Waals surface area contributed by atoms with Crippen molar-refractivity contribution in [2.24, 2.45) is 5.73 Å². The molecule has 1 aliphatic carbocycles. The van der Waals surface area contributed by atoms with Crippen LogP contribution in [0.4, 0.5) is 0 Å². The molecular weight excluding hydrogens is 196 g/mol. The molecule has 0 saturated carbocycles. The lowest BCUT2D eigenvalue weighted by Crippen LogP contribution is -2.37. The fraction of sp³-hybridized carbons (Fsp3) is 0.571. The van der Waals surface area contributed by atoms with Crippen molar-refractivity contribution in [3.63, 3.8) is 0 Å². The molecule has 0 aliphatic heterocycles. The first-order chi connectivity index (χ1) is 7.85. The van der Waals surface area contributed by atoms with Gasteiger partial charge in [-0.2, -0.15) is 0 Å². The highest BCUT2D eigenvalue weighted by atomic mass is 15.1. The van der Waals surface area contributed by atoms with E-state index in [1.165, 1.54) is 31.5 Å². The van der Waals surface area contributed by atoms with Crippen LogP contribution in [0.25, 0.3) is 0 Å². The molecule has 0 radical (unpaired) electrons. The van der Waals surface area contributed by atoms with Crippen LogP contribution in [0.2, 0.25) is 0 Å². The van der Waals surface area contributed by atoms with E-state index < -0.39 is 0 Å². The molecule has 0 amide bonds. The quantitative estimate of drug-likeness (QED) is 0.791. The van der Waals surface area contributed by atoms with Gasteiger partial charge in [-0.3, -0.25) is 0 Å². The van der Waals surface area contributed by atoms with Crippen molar-refractivity contribution < 1.29 is 0 Å². The molecule has 1 unspecified atom stereocenters. The molecule has 1 atom stereocenters. The third-order valence-electron chi connectivity index (χ3n) is 3.42. The summed E-state index contributed by atoms with van der Waals surface area (Å²) in [5.74, 6) is 0.745. The van der Waals surface area contributed by atoms with Crippen LogP contribution in [0.15, 0.2) is 24.3 Å². The minimum absolute atomic E-state index is 0.745. The maximum absolute atomic E-state index is 5.65. The first-order valence-electron chi connectivity index (χ1n) is 6.35. The molecule has 1 aliphatic rings. The minimum Gasteiger partial charge on any atom is -0.329 e. The molecule has 2 rings (SSSR count). The van der Waals surface area contributed by atoms with E-state index in [4.69, 9.17) is 5.73 Å². The summed E-state index contributed by atoms with van der Waals surface area (Å²) in [6.45, 7) is 6.40. The van der Waals surface area contributed by atoms with Gasteiger partial charge >= 0.3 is 0 Å². The Labute approximate surface area is 98.4 Å². The molecule has 0 bridgehead atoms. The van der Waals surface area contributed by atoms with Crippen molar-refractivity contribution in [2.75, 3.05) is 26.2 Å². The fourth-order valence-corrected chi connectivity index (χ4v) is 2.63. The second-order valence-corrected chi connectivity index (χ2v) is 4.69. The summed E-state index contributed by atoms with van der Waals surface area (Å²) in [4.78, 5) is 2.50. The summed E-state index contributed by atoms with van der Waals surface area (Å²) in [7, 11) is 0. The zero-order valence-corrected chi connectivity index (χ0v) is 10.2. The molecule has 2 N–H and O–H groups in total. The smallest absolute Gasteiger partial charge is 0.0105 e. The van der Waals surface area contributed by atoms with Crippen LogP contribution in [0.3, 0.4) is 0 Å². The highest BCUT2D eigenvalue weighted by Crippen LogP contribution is 2.35.